The molecule has 3 rings (SSSR count). The zero-order valence-electron chi connectivity index (χ0n) is 15.9. The van der Waals surface area contributed by atoms with Gasteiger partial charge in [-0.1, -0.05) is 11.6 Å². The molecule has 0 saturated carbocycles. The lowest BCUT2D eigenvalue weighted by Gasteiger charge is -2.21. The lowest BCUT2D eigenvalue weighted by molar-refractivity contribution is 0.345. The predicted octanol–water partition coefficient (Wildman–Crippen LogP) is 3.89. The molecule has 0 unspecified atom stereocenters. The van der Waals surface area contributed by atoms with Gasteiger partial charge in [0.15, 0.2) is 0 Å². The van der Waals surface area contributed by atoms with Crippen molar-refractivity contribution in [3.05, 3.63) is 53.3 Å². The Bertz CT molecular complexity index is 1080. The number of hydrogen-bond donors (Lipinski definition) is 1. The molecule has 0 aliphatic heterocycles. The largest absolute Gasteiger partial charge is 0.305 e. The van der Waals surface area contributed by atoms with Gasteiger partial charge in [0.05, 0.1) is 39.7 Å². The number of hydrogen-bond acceptors (Lipinski definition) is 4. The second kappa shape index (κ2) is 6.69. The van der Waals surface area contributed by atoms with E-state index in [0.717, 1.165) is 0 Å². The number of imidazole rings is 1. The molecule has 3 aromatic rings. The molecule has 2 heterocycles. The Hall–Kier alpha value is -2.32. The van der Waals surface area contributed by atoms with Gasteiger partial charge in [0.2, 0.25) is 0 Å². The third kappa shape index (κ3) is 3.72. The van der Waals surface area contributed by atoms with Crippen molar-refractivity contribution in [2.45, 2.75) is 45.1 Å². The topological polar surface area (TPSA) is 81.8 Å². The van der Waals surface area contributed by atoms with E-state index < -0.39 is 10.0 Å². The van der Waals surface area contributed by atoms with Crippen molar-refractivity contribution in [2.24, 2.45) is 0 Å². The summed E-state index contributed by atoms with van der Waals surface area (Å²) in [5, 5.41) is 4.83. The van der Waals surface area contributed by atoms with Crippen LogP contribution in [0.3, 0.4) is 0 Å². The zero-order valence-corrected chi connectivity index (χ0v) is 17.4. The van der Waals surface area contributed by atoms with Gasteiger partial charge < -0.3 is 4.57 Å². The monoisotopic (exact) mass is 407 g/mol. The van der Waals surface area contributed by atoms with E-state index in [1.807, 2.05) is 20.8 Å². The summed E-state index contributed by atoms with van der Waals surface area (Å²) < 4.78 is 32.1. The normalized spacial score (nSPS) is 12.4. The van der Waals surface area contributed by atoms with Gasteiger partial charge in [0, 0.05) is 12.4 Å². The van der Waals surface area contributed by atoms with Gasteiger partial charge in [-0.15, -0.1) is 0 Å². The molecule has 0 bridgehead atoms. The molecule has 0 fully saturated rings. The fraction of sp³-hybridized carbons (Fsp3) is 0.333. The maximum absolute atomic E-state index is 13.0. The molecule has 27 heavy (non-hydrogen) atoms. The molecule has 1 N–H and O–H groups in total. The number of benzene rings is 1. The van der Waals surface area contributed by atoms with Crippen molar-refractivity contribution in [3.8, 4) is 5.69 Å². The molecular weight excluding hydrogens is 386 g/mol. The minimum absolute atomic E-state index is 0.187. The van der Waals surface area contributed by atoms with Crippen LogP contribution in [0.2, 0.25) is 5.02 Å². The van der Waals surface area contributed by atoms with Crippen LogP contribution in [0.1, 0.15) is 32.2 Å². The van der Waals surface area contributed by atoms with Gasteiger partial charge in [0.1, 0.15) is 4.90 Å². The Labute approximate surface area is 164 Å². The molecule has 0 atom stereocenters. The molecule has 0 aliphatic carbocycles. The number of aryl methyl sites for hydroxylation is 1. The molecule has 9 heteroatoms. The average molecular weight is 408 g/mol. The van der Waals surface area contributed by atoms with Crippen LogP contribution in [0.5, 0.6) is 0 Å². The Morgan fingerprint density at radius 3 is 2.41 bits per heavy atom. The minimum atomic E-state index is -3.81. The fourth-order valence-corrected chi connectivity index (χ4v) is 4.78. The van der Waals surface area contributed by atoms with Gasteiger partial charge >= 0.3 is 0 Å². The van der Waals surface area contributed by atoms with E-state index in [2.05, 4.69) is 14.8 Å². The van der Waals surface area contributed by atoms with Crippen LogP contribution in [0.4, 0.5) is 5.69 Å². The summed E-state index contributed by atoms with van der Waals surface area (Å²) in [5.74, 6) is 0. The number of nitrogens with one attached hydrogen (secondary N) is 1. The number of sulfonamides is 1. The molecule has 0 spiro atoms. The molecule has 144 valence electrons. The first kappa shape index (κ1) is 19.4. The Morgan fingerprint density at radius 1 is 1.19 bits per heavy atom. The van der Waals surface area contributed by atoms with Crippen LogP contribution in [0.15, 0.2) is 41.8 Å². The first-order chi connectivity index (χ1) is 12.5. The number of rotatable bonds is 4. The Balaban J connectivity index is 1.96. The maximum Gasteiger partial charge on any atom is 0.265 e. The third-order valence-corrected chi connectivity index (χ3v) is 6.05. The van der Waals surface area contributed by atoms with Crippen LogP contribution in [0.25, 0.3) is 5.69 Å². The highest BCUT2D eigenvalue weighted by molar-refractivity contribution is 7.92. The Kier molecular flexibility index (Phi) is 4.81. The molecule has 0 saturated heterocycles. The minimum Gasteiger partial charge on any atom is -0.305 e. The lowest BCUT2D eigenvalue weighted by Crippen LogP contribution is -2.25. The number of anilines is 1. The number of nitrogens with zero attached hydrogens (tertiary/aromatic N) is 4. The standard InChI is InChI=1S/C18H22ClN5O2S/c1-12-17(13(2)24(21-12)18(3,4)5)27(25,26)22-14-6-7-16(15(19)10-14)23-9-8-20-11-23/h6-11,22H,1-5H3. The van der Waals surface area contributed by atoms with Gasteiger partial charge in [-0.25, -0.2) is 13.4 Å². The van der Waals surface area contributed by atoms with Gasteiger partial charge in [0.25, 0.3) is 10.0 Å². The second-order valence-corrected chi connectivity index (χ2v) is 9.35. The van der Waals surface area contributed by atoms with E-state index in [0.29, 0.717) is 27.8 Å². The first-order valence-electron chi connectivity index (χ1n) is 8.38. The summed E-state index contributed by atoms with van der Waals surface area (Å²) >= 11 is 6.32. The van der Waals surface area contributed by atoms with E-state index in [1.165, 1.54) is 0 Å². The highest BCUT2D eigenvalue weighted by Crippen LogP contribution is 2.29. The van der Waals surface area contributed by atoms with Gasteiger partial charge in [-0.3, -0.25) is 9.40 Å². The molecular formula is C18H22ClN5O2S. The van der Waals surface area contributed by atoms with Crippen LogP contribution < -0.4 is 4.72 Å². The summed E-state index contributed by atoms with van der Waals surface area (Å²) in [5.41, 5.74) is 1.82. The van der Waals surface area contributed by atoms with Crippen LogP contribution >= 0.6 is 11.6 Å². The highest BCUT2D eigenvalue weighted by Gasteiger charge is 2.28. The summed E-state index contributed by atoms with van der Waals surface area (Å²) in [4.78, 5) is 4.17. The average Bonchev–Trinajstić information content (AvgIpc) is 3.14. The lowest BCUT2D eigenvalue weighted by atomic mass is 10.1. The fourth-order valence-electron chi connectivity index (χ4n) is 3.06. The first-order valence-corrected chi connectivity index (χ1v) is 10.2. The van der Waals surface area contributed by atoms with Crippen LogP contribution in [-0.4, -0.2) is 27.7 Å². The van der Waals surface area contributed by atoms with Gasteiger partial charge in [-0.2, -0.15) is 5.10 Å². The molecule has 1 aromatic carbocycles. The molecule has 2 aromatic heterocycles. The zero-order chi connectivity index (χ0) is 20.0. The SMILES string of the molecule is Cc1nn(C(C)(C)C)c(C)c1S(=O)(=O)Nc1ccc(-n2ccnc2)c(Cl)c1. The number of aromatic nitrogens is 4. The van der Waals surface area contributed by atoms with Crippen molar-refractivity contribution < 1.29 is 8.42 Å². The number of halogens is 1. The summed E-state index contributed by atoms with van der Waals surface area (Å²) in [6, 6.07) is 4.98. The van der Waals surface area contributed by atoms with E-state index in [1.54, 1.807) is 60.0 Å². The quantitative estimate of drug-likeness (QED) is 0.711. The van der Waals surface area contributed by atoms with E-state index >= 15 is 0 Å². The van der Waals surface area contributed by atoms with Crippen LogP contribution in [-0.2, 0) is 15.6 Å². The van der Waals surface area contributed by atoms with Gasteiger partial charge in [-0.05, 0) is 52.8 Å². The summed E-state index contributed by atoms with van der Waals surface area (Å²) in [6.45, 7) is 9.38. The highest BCUT2D eigenvalue weighted by atomic mass is 35.5. The molecule has 0 radical (unpaired) electrons. The van der Waals surface area contributed by atoms with Crippen molar-refractivity contribution in [1.82, 2.24) is 19.3 Å². The smallest absolute Gasteiger partial charge is 0.265 e. The third-order valence-electron chi connectivity index (χ3n) is 4.11. The summed E-state index contributed by atoms with van der Waals surface area (Å²) in [6.07, 6.45) is 5.03. The molecule has 0 aliphatic rings. The van der Waals surface area contributed by atoms with E-state index in [4.69, 9.17) is 11.6 Å². The van der Waals surface area contributed by atoms with E-state index in [-0.39, 0.29) is 10.4 Å². The predicted molar refractivity (Wildman–Crippen MR) is 106 cm³/mol. The Morgan fingerprint density at radius 2 is 1.89 bits per heavy atom. The molecule has 7 nitrogen and oxygen atoms in total. The van der Waals surface area contributed by atoms with Crippen molar-refractivity contribution >= 4 is 27.3 Å². The van der Waals surface area contributed by atoms with E-state index in [9.17, 15) is 8.42 Å². The van der Waals surface area contributed by atoms with Crippen LogP contribution in [0, 0.1) is 13.8 Å². The molecule has 0 amide bonds. The van der Waals surface area contributed by atoms with Crippen molar-refractivity contribution in [3.63, 3.8) is 0 Å². The van der Waals surface area contributed by atoms with Crippen molar-refractivity contribution in [1.29, 1.82) is 0 Å². The second-order valence-electron chi connectivity index (χ2n) is 7.32. The maximum atomic E-state index is 13.0. The summed E-state index contributed by atoms with van der Waals surface area (Å²) in [7, 11) is -3.81. The van der Waals surface area contributed by atoms with Crippen molar-refractivity contribution in [2.75, 3.05) is 4.72 Å².